The number of hydrogen-bond donors (Lipinski definition) is 1. The maximum Gasteiger partial charge on any atom is 0.322 e. The lowest BCUT2D eigenvalue weighted by Crippen LogP contribution is -2.34. The van der Waals surface area contributed by atoms with Crippen molar-refractivity contribution < 1.29 is 26.5 Å². The molecule has 0 atom stereocenters. The van der Waals surface area contributed by atoms with E-state index in [0.29, 0.717) is 22.8 Å². The number of benzene rings is 2. The van der Waals surface area contributed by atoms with Crippen molar-refractivity contribution in [1.82, 2.24) is 4.90 Å². The third-order valence-corrected chi connectivity index (χ3v) is 4.55. The van der Waals surface area contributed by atoms with Crippen molar-refractivity contribution in [1.29, 1.82) is 0 Å². The summed E-state index contributed by atoms with van der Waals surface area (Å²) in [6, 6.07) is 16.8. The van der Waals surface area contributed by atoms with Gasteiger partial charge in [-0.2, -0.15) is 8.42 Å². The zero-order valence-corrected chi connectivity index (χ0v) is 17.4. The SMILES string of the molecule is COc1cccc(NC(=O)N(Cc2cccc(OS(C)(=O)=O)c2)Cc2ccco2)c1. The summed E-state index contributed by atoms with van der Waals surface area (Å²) in [5.74, 6) is 1.41. The average Bonchev–Trinajstić information content (AvgIpc) is 3.20. The number of urea groups is 1. The molecule has 0 unspecified atom stereocenters. The van der Waals surface area contributed by atoms with Gasteiger partial charge < -0.3 is 23.6 Å². The molecule has 0 aliphatic rings. The van der Waals surface area contributed by atoms with Crippen molar-refractivity contribution in [2.45, 2.75) is 13.1 Å². The van der Waals surface area contributed by atoms with Crippen molar-refractivity contribution in [2.75, 3.05) is 18.7 Å². The quantitative estimate of drug-likeness (QED) is 0.545. The number of nitrogens with one attached hydrogen (secondary N) is 1. The number of rotatable bonds is 8. The highest BCUT2D eigenvalue weighted by atomic mass is 32.2. The molecule has 2 aromatic carbocycles. The monoisotopic (exact) mass is 430 g/mol. The van der Waals surface area contributed by atoms with Gasteiger partial charge in [-0.1, -0.05) is 18.2 Å². The lowest BCUT2D eigenvalue weighted by Gasteiger charge is -2.22. The molecule has 0 saturated heterocycles. The van der Waals surface area contributed by atoms with Gasteiger partial charge in [-0.15, -0.1) is 0 Å². The van der Waals surface area contributed by atoms with Crippen LogP contribution in [0.5, 0.6) is 11.5 Å². The van der Waals surface area contributed by atoms with Crippen molar-refractivity contribution >= 4 is 21.8 Å². The molecule has 0 bridgehead atoms. The van der Waals surface area contributed by atoms with Gasteiger partial charge in [0.05, 0.1) is 26.2 Å². The summed E-state index contributed by atoms with van der Waals surface area (Å²) in [7, 11) is -2.10. The second-order valence-electron chi connectivity index (χ2n) is 6.53. The van der Waals surface area contributed by atoms with Gasteiger partial charge in [0.1, 0.15) is 17.3 Å². The Morgan fingerprint density at radius 2 is 1.80 bits per heavy atom. The molecule has 158 valence electrons. The van der Waals surface area contributed by atoms with Gasteiger partial charge in [-0.25, -0.2) is 4.79 Å². The van der Waals surface area contributed by atoms with Crippen LogP contribution in [0.3, 0.4) is 0 Å². The van der Waals surface area contributed by atoms with Crippen molar-refractivity contribution in [3.63, 3.8) is 0 Å². The molecule has 0 spiro atoms. The van der Waals surface area contributed by atoms with Gasteiger partial charge in [0.25, 0.3) is 0 Å². The van der Waals surface area contributed by atoms with Crippen molar-refractivity contribution in [3.8, 4) is 11.5 Å². The molecule has 0 aliphatic carbocycles. The number of furan rings is 1. The zero-order chi connectivity index (χ0) is 21.6. The minimum atomic E-state index is -3.65. The van der Waals surface area contributed by atoms with E-state index < -0.39 is 10.1 Å². The Labute approximate surface area is 175 Å². The molecule has 3 rings (SSSR count). The molecule has 1 N–H and O–H groups in total. The lowest BCUT2D eigenvalue weighted by atomic mass is 10.2. The first-order valence-electron chi connectivity index (χ1n) is 9.03. The molecule has 1 aromatic heterocycles. The van der Waals surface area contributed by atoms with E-state index in [4.69, 9.17) is 13.3 Å². The standard InChI is InChI=1S/C21H22N2O6S/c1-27-18-8-4-7-17(13-18)22-21(24)23(15-20-10-5-11-28-20)14-16-6-3-9-19(12-16)29-30(2,25)26/h3-13H,14-15H2,1-2H3,(H,22,24). The Morgan fingerprint density at radius 1 is 1.03 bits per heavy atom. The first-order valence-corrected chi connectivity index (χ1v) is 10.8. The van der Waals surface area contributed by atoms with E-state index >= 15 is 0 Å². The van der Waals surface area contributed by atoms with Gasteiger partial charge in [-0.05, 0) is 42.0 Å². The molecule has 0 aliphatic heterocycles. The summed E-state index contributed by atoms with van der Waals surface area (Å²) in [5.41, 5.74) is 1.28. The lowest BCUT2D eigenvalue weighted by molar-refractivity contribution is 0.201. The third kappa shape index (κ3) is 6.28. The van der Waals surface area contributed by atoms with Crippen LogP contribution in [0.2, 0.25) is 0 Å². The van der Waals surface area contributed by atoms with Crippen molar-refractivity contribution in [3.05, 3.63) is 78.3 Å². The van der Waals surface area contributed by atoms with E-state index in [0.717, 1.165) is 6.26 Å². The van der Waals surface area contributed by atoms with E-state index in [1.807, 2.05) is 0 Å². The zero-order valence-electron chi connectivity index (χ0n) is 16.6. The normalized spacial score (nSPS) is 11.0. The fraction of sp³-hybridized carbons (Fsp3) is 0.190. The maximum absolute atomic E-state index is 13.0. The molecule has 8 nitrogen and oxygen atoms in total. The van der Waals surface area contributed by atoms with E-state index in [1.165, 1.54) is 17.2 Å². The molecule has 0 saturated carbocycles. The van der Waals surface area contributed by atoms with Gasteiger partial charge in [0.2, 0.25) is 0 Å². The highest BCUT2D eigenvalue weighted by Gasteiger charge is 2.17. The summed E-state index contributed by atoms with van der Waals surface area (Å²) in [6.45, 7) is 0.428. The molecule has 3 aromatic rings. The highest BCUT2D eigenvalue weighted by Crippen LogP contribution is 2.20. The first kappa shape index (κ1) is 21.3. The highest BCUT2D eigenvalue weighted by molar-refractivity contribution is 7.86. The predicted molar refractivity (Wildman–Crippen MR) is 112 cm³/mol. The van der Waals surface area contributed by atoms with Crippen LogP contribution >= 0.6 is 0 Å². The number of ether oxygens (including phenoxy) is 1. The Kier molecular flexibility index (Phi) is 6.63. The molecular formula is C21H22N2O6S. The van der Waals surface area contributed by atoms with Crippen LogP contribution in [0.4, 0.5) is 10.5 Å². The van der Waals surface area contributed by atoms with Crippen LogP contribution in [0.15, 0.2) is 71.3 Å². The number of nitrogens with zero attached hydrogens (tertiary/aromatic N) is 1. The third-order valence-electron chi connectivity index (χ3n) is 4.05. The van der Waals surface area contributed by atoms with Crippen LogP contribution in [-0.4, -0.2) is 32.7 Å². The van der Waals surface area contributed by atoms with E-state index in [2.05, 4.69) is 5.32 Å². The number of carbonyl (C=O) groups is 1. The molecule has 0 radical (unpaired) electrons. The first-order chi connectivity index (χ1) is 14.3. The smallest absolute Gasteiger partial charge is 0.322 e. The Balaban J connectivity index is 1.80. The van der Waals surface area contributed by atoms with Gasteiger partial charge >= 0.3 is 16.1 Å². The van der Waals surface area contributed by atoms with Crippen LogP contribution < -0.4 is 14.2 Å². The molecule has 1 heterocycles. The Morgan fingerprint density at radius 3 is 2.50 bits per heavy atom. The van der Waals surface area contributed by atoms with Gasteiger partial charge in [-0.3, -0.25) is 0 Å². The van der Waals surface area contributed by atoms with Gasteiger partial charge in [0.15, 0.2) is 0 Å². The van der Waals surface area contributed by atoms with Crippen LogP contribution in [0.25, 0.3) is 0 Å². The van der Waals surface area contributed by atoms with Gasteiger partial charge in [0, 0.05) is 18.3 Å². The number of hydrogen-bond acceptors (Lipinski definition) is 6. The number of carbonyl (C=O) groups excluding carboxylic acids is 1. The second kappa shape index (κ2) is 9.36. The fourth-order valence-corrected chi connectivity index (χ4v) is 3.24. The largest absolute Gasteiger partial charge is 0.497 e. The van der Waals surface area contributed by atoms with E-state index in [-0.39, 0.29) is 24.9 Å². The molecular weight excluding hydrogens is 408 g/mol. The van der Waals surface area contributed by atoms with Crippen LogP contribution in [0, 0.1) is 0 Å². The summed E-state index contributed by atoms with van der Waals surface area (Å²) in [5, 5.41) is 2.84. The summed E-state index contributed by atoms with van der Waals surface area (Å²) in [4.78, 5) is 14.5. The summed E-state index contributed by atoms with van der Waals surface area (Å²) in [6.07, 6.45) is 2.51. The molecule has 9 heteroatoms. The van der Waals surface area contributed by atoms with E-state index in [1.54, 1.807) is 61.7 Å². The van der Waals surface area contributed by atoms with Crippen molar-refractivity contribution in [2.24, 2.45) is 0 Å². The van der Waals surface area contributed by atoms with Crippen LogP contribution in [-0.2, 0) is 23.2 Å². The molecule has 2 amide bonds. The minimum absolute atomic E-state index is 0.182. The van der Waals surface area contributed by atoms with E-state index in [9.17, 15) is 13.2 Å². The Bertz CT molecular complexity index is 1100. The second-order valence-corrected chi connectivity index (χ2v) is 8.11. The van der Waals surface area contributed by atoms with Crippen LogP contribution in [0.1, 0.15) is 11.3 Å². The summed E-state index contributed by atoms with van der Waals surface area (Å²) >= 11 is 0. The number of anilines is 1. The number of methoxy groups -OCH3 is 1. The predicted octanol–water partition coefficient (Wildman–Crippen LogP) is 3.86. The topological polar surface area (TPSA) is 98.1 Å². The molecule has 30 heavy (non-hydrogen) atoms. The number of amides is 2. The molecule has 0 fully saturated rings. The Hall–Kier alpha value is -3.46. The maximum atomic E-state index is 13.0. The minimum Gasteiger partial charge on any atom is -0.497 e. The fourth-order valence-electron chi connectivity index (χ4n) is 2.78. The average molecular weight is 430 g/mol. The summed E-state index contributed by atoms with van der Waals surface area (Å²) < 4.78 is 38.3.